The zero-order chi connectivity index (χ0) is 13.8. The van der Waals surface area contributed by atoms with Crippen molar-refractivity contribution in [3.63, 3.8) is 0 Å². The first-order valence-electron chi connectivity index (χ1n) is 6.22. The normalized spacial score (nSPS) is 12.2. The number of hydrogen-bond acceptors (Lipinski definition) is 4. The van der Waals surface area contributed by atoms with E-state index in [0.717, 1.165) is 16.8 Å². The molecule has 0 amide bonds. The molecule has 1 atom stereocenters. The van der Waals surface area contributed by atoms with Gasteiger partial charge in [0.2, 0.25) is 0 Å². The van der Waals surface area contributed by atoms with E-state index < -0.39 is 6.10 Å². The van der Waals surface area contributed by atoms with Crippen LogP contribution < -0.4 is 10.6 Å². The molecule has 1 aromatic carbocycles. The lowest BCUT2D eigenvalue weighted by atomic mass is 10.0. The van der Waals surface area contributed by atoms with Crippen LogP contribution in [0.1, 0.15) is 17.2 Å². The van der Waals surface area contributed by atoms with E-state index in [1.807, 2.05) is 55.4 Å². The van der Waals surface area contributed by atoms with Gasteiger partial charge in [-0.05, 0) is 29.3 Å². The van der Waals surface area contributed by atoms with Gasteiger partial charge in [0.25, 0.3) is 0 Å². The Labute approximate surface area is 113 Å². The van der Waals surface area contributed by atoms with Crippen molar-refractivity contribution in [1.82, 2.24) is 4.98 Å². The predicted octanol–water partition coefficient (Wildman–Crippen LogP) is 2.01. The largest absolute Gasteiger partial charge is 0.388 e. The summed E-state index contributed by atoms with van der Waals surface area (Å²) in [6, 6.07) is 11.6. The number of aromatic nitrogens is 1. The Hall–Kier alpha value is -2.07. The zero-order valence-corrected chi connectivity index (χ0v) is 11.2. The average molecular weight is 257 g/mol. The van der Waals surface area contributed by atoms with E-state index in [4.69, 9.17) is 5.73 Å². The van der Waals surface area contributed by atoms with E-state index in [1.165, 1.54) is 0 Å². The molecular formula is C15H19N3O. The highest BCUT2D eigenvalue weighted by molar-refractivity contribution is 5.47. The summed E-state index contributed by atoms with van der Waals surface area (Å²) < 4.78 is 0. The van der Waals surface area contributed by atoms with Gasteiger partial charge in [-0.15, -0.1) is 0 Å². The molecule has 0 aliphatic carbocycles. The predicted molar refractivity (Wildman–Crippen MR) is 78.1 cm³/mol. The van der Waals surface area contributed by atoms with Crippen LogP contribution in [0.15, 0.2) is 42.6 Å². The number of aliphatic hydroxyl groups excluding tert-OH is 1. The molecule has 2 rings (SSSR count). The minimum Gasteiger partial charge on any atom is -0.388 e. The molecule has 0 bridgehead atoms. The fourth-order valence-corrected chi connectivity index (χ4v) is 1.94. The molecule has 0 spiro atoms. The van der Waals surface area contributed by atoms with Crippen LogP contribution >= 0.6 is 0 Å². The highest BCUT2D eigenvalue weighted by Crippen LogP contribution is 2.22. The van der Waals surface area contributed by atoms with E-state index in [9.17, 15) is 5.11 Å². The van der Waals surface area contributed by atoms with Crippen LogP contribution in [-0.4, -0.2) is 24.2 Å². The van der Waals surface area contributed by atoms with Crippen molar-refractivity contribution in [3.8, 4) is 0 Å². The molecular weight excluding hydrogens is 238 g/mol. The number of aliphatic hydroxyl groups is 1. The first kappa shape index (κ1) is 13.4. The van der Waals surface area contributed by atoms with E-state index in [2.05, 4.69) is 4.98 Å². The molecule has 2 aromatic rings. The van der Waals surface area contributed by atoms with Gasteiger partial charge in [0, 0.05) is 32.4 Å². The van der Waals surface area contributed by atoms with Crippen molar-refractivity contribution in [1.29, 1.82) is 0 Å². The van der Waals surface area contributed by atoms with Gasteiger partial charge in [-0.2, -0.15) is 0 Å². The number of nitrogens with zero attached hydrogens (tertiary/aromatic N) is 2. The fourth-order valence-electron chi connectivity index (χ4n) is 1.94. The Bertz CT molecular complexity index is 537. The Morgan fingerprint density at radius 1 is 1.21 bits per heavy atom. The van der Waals surface area contributed by atoms with Crippen LogP contribution in [0.4, 0.5) is 11.5 Å². The molecule has 19 heavy (non-hydrogen) atoms. The summed E-state index contributed by atoms with van der Waals surface area (Å²) in [6.07, 6.45) is 1.56. The Balaban J connectivity index is 2.12. The van der Waals surface area contributed by atoms with Gasteiger partial charge in [-0.3, -0.25) is 0 Å². The highest BCUT2D eigenvalue weighted by Gasteiger charge is 2.11. The third kappa shape index (κ3) is 3.23. The van der Waals surface area contributed by atoms with E-state index in [0.29, 0.717) is 12.2 Å². The number of hydrogen-bond donors (Lipinski definition) is 2. The van der Waals surface area contributed by atoms with Crippen molar-refractivity contribution in [2.45, 2.75) is 12.5 Å². The van der Waals surface area contributed by atoms with Gasteiger partial charge in [0.05, 0.1) is 6.10 Å². The minimum atomic E-state index is -0.567. The maximum atomic E-state index is 10.2. The number of benzene rings is 1. The van der Waals surface area contributed by atoms with Crippen molar-refractivity contribution < 1.29 is 5.11 Å². The third-order valence-corrected chi connectivity index (χ3v) is 3.13. The lowest BCUT2D eigenvalue weighted by Crippen LogP contribution is -2.09. The lowest BCUT2D eigenvalue weighted by molar-refractivity contribution is 0.178. The molecule has 4 heteroatoms. The molecule has 0 aliphatic rings. The molecule has 1 heterocycles. The Morgan fingerprint density at radius 2 is 1.89 bits per heavy atom. The number of nitrogens with two attached hydrogens (primary N) is 1. The number of pyridine rings is 1. The maximum absolute atomic E-state index is 10.2. The maximum Gasteiger partial charge on any atom is 0.126 e. The van der Waals surface area contributed by atoms with Crippen molar-refractivity contribution >= 4 is 11.5 Å². The fraction of sp³-hybridized carbons (Fsp3) is 0.267. The lowest BCUT2D eigenvalue weighted by Gasteiger charge is -2.15. The molecule has 3 N–H and O–H groups in total. The standard InChI is InChI=1S/C15H19N3O/c1-18(2)13-7-5-11(6-8-13)14(19)10-12-4-3-9-17-15(12)16/h3-9,14,19H,10H2,1-2H3,(H2,16,17). The van der Waals surface area contributed by atoms with Gasteiger partial charge in [-0.25, -0.2) is 4.98 Å². The van der Waals surface area contributed by atoms with Crippen LogP contribution in [0, 0.1) is 0 Å². The summed E-state index contributed by atoms with van der Waals surface area (Å²) in [5.74, 6) is 0.478. The van der Waals surface area contributed by atoms with Crippen LogP contribution in [0.3, 0.4) is 0 Å². The summed E-state index contributed by atoms with van der Waals surface area (Å²) in [4.78, 5) is 6.05. The SMILES string of the molecule is CN(C)c1ccc(C(O)Cc2cccnc2N)cc1. The zero-order valence-electron chi connectivity index (χ0n) is 11.2. The molecule has 0 saturated carbocycles. The molecule has 1 aromatic heterocycles. The van der Waals surface area contributed by atoms with Crippen LogP contribution in [0.2, 0.25) is 0 Å². The number of nitrogen functional groups attached to an aromatic ring is 1. The molecule has 4 nitrogen and oxygen atoms in total. The van der Waals surface area contributed by atoms with Crippen LogP contribution in [0.25, 0.3) is 0 Å². The molecule has 0 fully saturated rings. The van der Waals surface area contributed by atoms with Crippen molar-refractivity contribution in [3.05, 3.63) is 53.7 Å². The first-order valence-corrected chi connectivity index (χ1v) is 6.22. The van der Waals surface area contributed by atoms with E-state index in [1.54, 1.807) is 6.20 Å². The van der Waals surface area contributed by atoms with Gasteiger partial charge < -0.3 is 15.7 Å². The monoisotopic (exact) mass is 257 g/mol. The summed E-state index contributed by atoms with van der Waals surface area (Å²) in [6.45, 7) is 0. The second-order valence-corrected chi connectivity index (χ2v) is 4.75. The van der Waals surface area contributed by atoms with Gasteiger partial charge in [0.1, 0.15) is 5.82 Å². The second kappa shape index (κ2) is 5.71. The summed E-state index contributed by atoms with van der Waals surface area (Å²) in [5, 5.41) is 10.2. The quantitative estimate of drug-likeness (QED) is 0.879. The Kier molecular flexibility index (Phi) is 4.02. The van der Waals surface area contributed by atoms with Gasteiger partial charge in [-0.1, -0.05) is 18.2 Å². The molecule has 100 valence electrons. The second-order valence-electron chi connectivity index (χ2n) is 4.75. The van der Waals surface area contributed by atoms with E-state index in [-0.39, 0.29) is 0 Å². The molecule has 0 radical (unpaired) electrons. The third-order valence-electron chi connectivity index (χ3n) is 3.13. The first-order chi connectivity index (χ1) is 9.08. The summed E-state index contributed by atoms with van der Waals surface area (Å²) >= 11 is 0. The topological polar surface area (TPSA) is 62.4 Å². The van der Waals surface area contributed by atoms with E-state index >= 15 is 0 Å². The molecule has 1 unspecified atom stereocenters. The van der Waals surface area contributed by atoms with Gasteiger partial charge >= 0.3 is 0 Å². The smallest absolute Gasteiger partial charge is 0.126 e. The molecule has 0 aliphatic heterocycles. The van der Waals surface area contributed by atoms with Crippen LogP contribution in [0.5, 0.6) is 0 Å². The molecule has 0 saturated heterocycles. The Morgan fingerprint density at radius 3 is 2.47 bits per heavy atom. The number of anilines is 2. The van der Waals surface area contributed by atoms with Crippen LogP contribution in [-0.2, 0) is 6.42 Å². The summed E-state index contributed by atoms with van der Waals surface area (Å²) in [5.41, 5.74) is 8.64. The van der Waals surface area contributed by atoms with Crippen molar-refractivity contribution in [2.75, 3.05) is 24.7 Å². The average Bonchev–Trinajstić information content (AvgIpc) is 2.41. The highest BCUT2D eigenvalue weighted by atomic mass is 16.3. The number of rotatable bonds is 4. The van der Waals surface area contributed by atoms with Crippen molar-refractivity contribution in [2.24, 2.45) is 0 Å². The van der Waals surface area contributed by atoms with Gasteiger partial charge in [0.15, 0.2) is 0 Å². The summed E-state index contributed by atoms with van der Waals surface area (Å²) in [7, 11) is 3.98. The minimum absolute atomic E-state index is 0.473.